The van der Waals surface area contributed by atoms with E-state index in [0.717, 1.165) is 0 Å². The third-order valence-corrected chi connectivity index (χ3v) is 5.29. The van der Waals surface area contributed by atoms with Crippen molar-refractivity contribution in [3.8, 4) is 0 Å². The lowest BCUT2D eigenvalue weighted by molar-refractivity contribution is 0.605. The lowest BCUT2D eigenvalue weighted by Gasteiger charge is -2.30. The van der Waals surface area contributed by atoms with Crippen molar-refractivity contribution in [3.05, 3.63) is 52.4 Å². The molecule has 0 nitrogen and oxygen atoms in total. The molecular formula is C17H20S. The highest BCUT2D eigenvalue weighted by Crippen LogP contribution is 2.48. The molecule has 94 valence electrons. The summed E-state index contributed by atoms with van der Waals surface area (Å²) < 4.78 is 0. The van der Waals surface area contributed by atoms with E-state index in [2.05, 4.69) is 43.3 Å². The zero-order valence-corrected chi connectivity index (χ0v) is 11.8. The van der Waals surface area contributed by atoms with Crippen LogP contribution in [0.4, 0.5) is 0 Å². The van der Waals surface area contributed by atoms with Crippen molar-refractivity contribution in [1.29, 1.82) is 0 Å². The zero-order chi connectivity index (χ0) is 12.4. The van der Waals surface area contributed by atoms with Crippen LogP contribution in [0.2, 0.25) is 0 Å². The maximum atomic E-state index is 2.50. The van der Waals surface area contributed by atoms with E-state index >= 15 is 0 Å². The molecule has 1 aromatic rings. The van der Waals surface area contributed by atoms with Crippen LogP contribution < -0.4 is 0 Å². The van der Waals surface area contributed by atoms with E-state index in [9.17, 15) is 0 Å². The molecule has 0 bridgehead atoms. The Labute approximate surface area is 114 Å². The largest absolute Gasteiger partial charge is 0.0943 e. The summed E-state index contributed by atoms with van der Waals surface area (Å²) in [6.45, 7) is 2.32. The van der Waals surface area contributed by atoms with Crippen LogP contribution in [0.25, 0.3) is 4.91 Å². The summed E-state index contributed by atoms with van der Waals surface area (Å²) >= 11 is 2.03. The average molecular weight is 256 g/mol. The minimum atomic E-state index is 0.691. The van der Waals surface area contributed by atoms with Crippen LogP contribution in [0.5, 0.6) is 0 Å². The highest BCUT2D eigenvalue weighted by atomic mass is 32.2. The second-order valence-corrected chi connectivity index (χ2v) is 6.31. The Morgan fingerprint density at radius 1 is 1.11 bits per heavy atom. The maximum absolute atomic E-state index is 2.50. The molecular weight excluding hydrogens is 236 g/mol. The van der Waals surface area contributed by atoms with Gasteiger partial charge in [-0.2, -0.15) is 0 Å². The van der Waals surface area contributed by atoms with Crippen LogP contribution in [0.1, 0.15) is 44.6 Å². The van der Waals surface area contributed by atoms with Crippen LogP contribution in [0.3, 0.4) is 0 Å². The van der Waals surface area contributed by atoms with Gasteiger partial charge in [0.25, 0.3) is 0 Å². The molecule has 0 fully saturated rings. The average Bonchev–Trinajstić information content (AvgIpc) is 2.47. The molecule has 1 aromatic carbocycles. The second kappa shape index (κ2) is 5.36. The third-order valence-electron chi connectivity index (χ3n) is 3.99. The minimum Gasteiger partial charge on any atom is -0.0943 e. The molecule has 1 aliphatic heterocycles. The molecule has 0 amide bonds. The van der Waals surface area contributed by atoms with E-state index in [1.54, 1.807) is 10.5 Å². The summed E-state index contributed by atoms with van der Waals surface area (Å²) in [5.41, 5.74) is 3.13. The van der Waals surface area contributed by atoms with Gasteiger partial charge < -0.3 is 0 Å². The van der Waals surface area contributed by atoms with E-state index in [4.69, 9.17) is 0 Å². The predicted octanol–water partition coefficient (Wildman–Crippen LogP) is 5.63. The SMILES string of the molecule is CCC1C=C(c2ccccc2)SC2=C1CCCC2. The quantitative estimate of drug-likeness (QED) is 0.661. The highest BCUT2D eigenvalue weighted by molar-refractivity contribution is 8.11. The molecule has 3 rings (SSSR count). The van der Waals surface area contributed by atoms with Crippen LogP contribution in [-0.4, -0.2) is 0 Å². The molecule has 0 saturated carbocycles. The standard InChI is InChI=1S/C17H20S/c1-2-13-12-17(14-8-4-3-5-9-14)18-16-11-7-6-10-15(13)16/h3-5,8-9,12-13H,2,6-7,10-11H2,1H3. The van der Waals surface area contributed by atoms with Gasteiger partial charge >= 0.3 is 0 Å². The molecule has 1 heterocycles. The minimum absolute atomic E-state index is 0.691. The Kier molecular flexibility index (Phi) is 3.60. The Morgan fingerprint density at radius 3 is 2.67 bits per heavy atom. The molecule has 0 saturated heterocycles. The molecule has 1 atom stereocenters. The van der Waals surface area contributed by atoms with E-state index in [1.807, 2.05) is 11.8 Å². The van der Waals surface area contributed by atoms with Gasteiger partial charge in [0, 0.05) is 4.91 Å². The van der Waals surface area contributed by atoms with E-state index < -0.39 is 0 Å². The van der Waals surface area contributed by atoms with Crippen molar-refractivity contribution in [2.75, 3.05) is 0 Å². The molecule has 1 unspecified atom stereocenters. The Morgan fingerprint density at radius 2 is 1.89 bits per heavy atom. The molecule has 1 aliphatic carbocycles. The molecule has 0 radical (unpaired) electrons. The fraction of sp³-hybridized carbons (Fsp3) is 0.412. The fourth-order valence-corrected chi connectivity index (χ4v) is 4.36. The van der Waals surface area contributed by atoms with Crippen LogP contribution in [0.15, 0.2) is 46.9 Å². The number of benzene rings is 1. The van der Waals surface area contributed by atoms with Gasteiger partial charge in [0.05, 0.1) is 0 Å². The Balaban J connectivity index is 1.93. The van der Waals surface area contributed by atoms with E-state index in [-0.39, 0.29) is 0 Å². The van der Waals surface area contributed by atoms with Gasteiger partial charge in [-0.1, -0.05) is 60.7 Å². The van der Waals surface area contributed by atoms with Crippen molar-refractivity contribution in [2.45, 2.75) is 39.0 Å². The first kappa shape index (κ1) is 12.1. The Bertz CT molecular complexity index is 482. The first-order valence-corrected chi connectivity index (χ1v) is 7.87. The number of thioether (sulfide) groups is 1. The van der Waals surface area contributed by atoms with Gasteiger partial charge in [0.2, 0.25) is 0 Å². The number of allylic oxidation sites excluding steroid dienone is 3. The summed E-state index contributed by atoms with van der Waals surface area (Å²) in [7, 11) is 0. The van der Waals surface area contributed by atoms with E-state index in [1.165, 1.54) is 42.6 Å². The summed E-state index contributed by atoms with van der Waals surface area (Å²) in [6, 6.07) is 10.9. The van der Waals surface area contributed by atoms with Gasteiger partial charge in [-0.05, 0) is 48.5 Å². The molecule has 2 aliphatic rings. The smallest absolute Gasteiger partial charge is 0.0157 e. The number of hydrogen-bond donors (Lipinski definition) is 0. The molecule has 1 heteroatoms. The van der Waals surface area contributed by atoms with Crippen LogP contribution in [0, 0.1) is 5.92 Å². The van der Waals surface area contributed by atoms with Crippen molar-refractivity contribution in [1.82, 2.24) is 0 Å². The van der Waals surface area contributed by atoms with Crippen molar-refractivity contribution < 1.29 is 0 Å². The summed E-state index contributed by atoms with van der Waals surface area (Å²) in [5, 5.41) is 0. The van der Waals surface area contributed by atoms with Gasteiger partial charge in [0.1, 0.15) is 0 Å². The lowest BCUT2D eigenvalue weighted by atomic mass is 9.86. The number of rotatable bonds is 2. The summed E-state index contributed by atoms with van der Waals surface area (Å²) in [6.07, 6.45) is 9.16. The molecule has 0 aromatic heterocycles. The van der Waals surface area contributed by atoms with Crippen LogP contribution in [-0.2, 0) is 0 Å². The highest BCUT2D eigenvalue weighted by Gasteiger charge is 2.24. The van der Waals surface area contributed by atoms with Crippen molar-refractivity contribution in [2.24, 2.45) is 5.92 Å². The summed E-state index contributed by atoms with van der Waals surface area (Å²) in [4.78, 5) is 3.15. The molecule has 18 heavy (non-hydrogen) atoms. The van der Waals surface area contributed by atoms with Gasteiger partial charge in [0.15, 0.2) is 0 Å². The maximum Gasteiger partial charge on any atom is 0.0157 e. The zero-order valence-electron chi connectivity index (χ0n) is 11.0. The van der Waals surface area contributed by atoms with Gasteiger partial charge in [-0.3, -0.25) is 0 Å². The first-order valence-electron chi connectivity index (χ1n) is 7.05. The molecule has 0 spiro atoms. The second-order valence-electron chi connectivity index (χ2n) is 5.17. The monoisotopic (exact) mass is 256 g/mol. The first-order chi connectivity index (χ1) is 8.88. The van der Waals surface area contributed by atoms with Gasteiger partial charge in [-0.25, -0.2) is 0 Å². The van der Waals surface area contributed by atoms with Gasteiger partial charge in [-0.15, -0.1) is 0 Å². The lowest BCUT2D eigenvalue weighted by Crippen LogP contribution is -2.10. The molecule has 0 N–H and O–H groups in total. The number of hydrogen-bond acceptors (Lipinski definition) is 1. The van der Waals surface area contributed by atoms with Crippen molar-refractivity contribution in [3.63, 3.8) is 0 Å². The van der Waals surface area contributed by atoms with Crippen LogP contribution >= 0.6 is 11.8 Å². The summed E-state index contributed by atoms with van der Waals surface area (Å²) in [5.74, 6) is 0.691. The Hall–Kier alpha value is -0.950. The normalized spacial score (nSPS) is 23.6. The predicted molar refractivity (Wildman–Crippen MR) is 81.3 cm³/mol. The van der Waals surface area contributed by atoms with E-state index in [0.29, 0.717) is 5.92 Å². The van der Waals surface area contributed by atoms with Crippen molar-refractivity contribution >= 4 is 16.7 Å². The third kappa shape index (κ3) is 2.29. The topological polar surface area (TPSA) is 0 Å². The fourth-order valence-electron chi connectivity index (χ4n) is 2.98.